The summed E-state index contributed by atoms with van der Waals surface area (Å²) in [5, 5.41) is 0. The number of hydrogen-bond acceptors (Lipinski definition) is 0. The monoisotopic (exact) mass is 627 g/mol. The minimum absolute atomic E-state index is 1.20. The molecular weight excluding hydrogens is 542 g/mol. The Morgan fingerprint density at radius 3 is 0.844 bits per heavy atom. The van der Waals surface area contributed by atoms with Gasteiger partial charge in [-0.15, -0.1) is 0 Å². The molecule has 1 heterocycles. The highest BCUT2D eigenvalue weighted by molar-refractivity contribution is 5.15. The van der Waals surface area contributed by atoms with Crippen molar-refractivity contribution in [2.24, 2.45) is 0 Å². The summed E-state index contributed by atoms with van der Waals surface area (Å²) >= 11 is 0. The fourth-order valence-electron chi connectivity index (χ4n) is 7.12. The number of aryl methyl sites for hydroxylation is 3. The van der Waals surface area contributed by atoms with Crippen molar-refractivity contribution in [1.82, 2.24) is 0 Å². The molecule has 1 aromatic heterocycles. The molecule has 0 bridgehead atoms. The summed E-state index contributed by atoms with van der Waals surface area (Å²) in [6, 6.07) is 2.56. The van der Waals surface area contributed by atoms with Gasteiger partial charge >= 0.3 is 0 Å². The van der Waals surface area contributed by atoms with Crippen LogP contribution in [-0.4, -0.2) is 0 Å². The van der Waals surface area contributed by atoms with Crippen LogP contribution >= 0.6 is 0 Å². The zero-order valence-electron chi connectivity index (χ0n) is 31.6. The minimum Gasteiger partial charge on any atom is -0.205 e. The van der Waals surface area contributed by atoms with E-state index in [4.69, 9.17) is 0 Å². The molecule has 1 heteroatoms. The summed E-state index contributed by atoms with van der Waals surface area (Å²) < 4.78 is 2.54. The average Bonchev–Trinajstić information content (AvgIpc) is 3.05. The molecule has 0 N–H and O–H groups in total. The van der Waals surface area contributed by atoms with Crippen LogP contribution in [0.15, 0.2) is 18.5 Å². The predicted octanol–water partition coefficient (Wildman–Crippen LogP) is 15.0. The molecular formula is C44H84N+. The first-order valence-corrected chi connectivity index (χ1v) is 21.3. The van der Waals surface area contributed by atoms with Crippen LogP contribution in [0.5, 0.6) is 0 Å². The van der Waals surface area contributed by atoms with E-state index in [1.807, 2.05) is 0 Å². The topological polar surface area (TPSA) is 3.88 Å². The molecule has 0 aliphatic carbocycles. The van der Waals surface area contributed by atoms with E-state index in [2.05, 4.69) is 43.8 Å². The lowest BCUT2D eigenvalue weighted by Crippen LogP contribution is -2.34. The van der Waals surface area contributed by atoms with Gasteiger partial charge in [0.2, 0.25) is 0 Å². The van der Waals surface area contributed by atoms with Crippen molar-refractivity contribution in [1.29, 1.82) is 0 Å². The molecule has 1 rings (SSSR count). The van der Waals surface area contributed by atoms with Gasteiger partial charge in [-0.05, 0) is 38.2 Å². The SMILES string of the molecule is CCCCCCCCCCCCCCCCCc1cc(CCCCCCCCCCCCCCCCC)c[n+](CCCCC)c1. The second kappa shape index (κ2) is 34.5. The quantitative estimate of drug-likeness (QED) is 0.0515. The Morgan fingerprint density at radius 2 is 0.556 bits per heavy atom. The summed E-state index contributed by atoms with van der Waals surface area (Å²) in [6.07, 6.45) is 54.9. The third-order valence-electron chi connectivity index (χ3n) is 10.2. The summed E-state index contributed by atoms with van der Waals surface area (Å²) in [5.41, 5.74) is 3.19. The van der Waals surface area contributed by atoms with Gasteiger partial charge in [-0.25, -0.2) is 4.57 Å². The van der Waals surface area contributed by atoms with E-state index in [-0.39, 0.29) is 0 Å². The van der Waals surface area contributed by atoms with Crippen LogP contribution in [0.1, 0.15) is 244 Å². The lowest BCUT2D eigenvalue weighted by atomic mass is 10.0. The molecule has 0 saturated heterocycles. The van der Waals surface area contributed by atoms with Gasteiger partial charge in [0.15, 0.2) is 12.4 Å². The van der Waals surface area contributed by atoms with Crippen LogP contribution in [0.25, 0.3) is 0 Å². The van der Waals surface area contributed by atoms with Crippen molar-refractivity contribution in [3.8, 4) is 0 Å². The molecule has 0 aromatic carbocycles. The Morgan fingerprint density at radius 1 is 0.311 bits per heavy atom. The van der Waals surface area contributed by atoms with E-state index in [0.717, 1.165) is 0 Å². The Bertz CT molecular complexity index is 657. The molecule has 0 fully saturated rings. The highest BCUT2D eigenvalue weighted by Crippen LogP contribution is 2.17. The van der Waals surface area contributed by atoms with Crippen LogP contribution in [0.3, 0.4) is 0 Å². The highest BCUT2D eigenvalue weighted by atomic mass is 14.9. The van der Waals surface area contributed by atoms with Gasteiger partial charge < -0.3 is 0 Å². The van der Waals surface area contributed by atoms with Crippen molar-refractivity contribution in [3.63, 3.8) is 0 Å². The second-order valence-corrected chi connectivity index (χ2v) is 14.9. The number of nitrogens with zero attached hydrogens (tertiary/aromatic N) is 1. The molecule has 1 nitrogen and oxygen atoms in total. The van der Waals surface area contributed by atoms with Gasteiger partial charge in [-0.1, -0.05) is 207 Å². The van der Waals surface area contributed by atoms with E-state index in [9.17, 15) is 0 Å². The van der Waals surface area contributed by atoms with Gasteiger partial charge in [-0.2, -0.15) is 0 Å². The van der Waals surface area contributed by atoms with Crippen molar-refractivity contribution in [3.05, 3.63) is 29.6 Å². The smallest absolute Gasteiger partial charge is 0.171 e. The largest absolute Gasteiger partial charge is 0.205 e. The normalized spacial score (nSPS) is 11.5. The van der Waals surface area contributed by atoms with Crippen LogP contribution in [0, 0.1) is 0 Å². The molecule has 0 radical (unpaired) electrons. The summed E-state index contributed by atoms with van der Waals surface area (Å²) in [4.78, 5) is 0. The van der Waals surface area contributed by atoms with E-state index in [1.165, 1.54) is 231 Å². The predicted molar refractivity (Wildman–Crippen MR) is 203 cm³/mol. The number of hydrogen-bond donors (Lipinski definition) is 0. The van der Waals surface area contributed by atoms with Crippen molar-refractivity contribution < 1.29 is 4.57 Å². The molecule has 0 aliphatic heterocycles. The third kappa shape index (κ3) is 29.1. The van der Waals surface area contributed by atoms with Crippen molar-refractivity contribution in [2.45, 2.75) is 252 Å². The van der Waals surface area contributed by atoms with Crippen LogP contribution in [-0.2, 0) is 19.4 Å². The van der Waals surface area contributed by atoms with Gasteiger partial charge in [0.05, 0.1) is 0 Å². The van der Waals surface area contributed by atoms with E-state index < -0.39 is 0 Å². The van der Waals surface area contributed by atoms with E-state index >= 15 is 0 Å². The maximum atomic E-state index is 2.56. The standard InChI is InChI=1S/C44H84N/c1-4-7-10-12-14-16-18-20-22-24-26-28-30-32-34-37-43-40-44(42-45(41-43)39-36-9-6-3)38-35-33-31-29-27-25-23-21-19-17-15-13-11-8-5-2/h40-42H,4-39H2,1-3H3/q+1. The lowest BCUT2D eigenvalue weighted by molar-refractivity contribution is -0.698. The zero-order valence-corrected chi connectivity index (χ0v) is 31.6. The number of pyridine rings is 1. The maximum Gasteiger partial charge on any atom is 0.171 e. The average molecular weight is 627 g/mol. The molecule has 0 saturated carbocycles. The first-order valence-electron chi connectivity index (χ1n) is 21.3. The Balaban J connectivity index is 2.13. The second-order valence-electron chi connectivity index (χ2n) is 14.9. The van der Waals surface area contributed by atoms with Gasteiger partial charge in [-0.3, -0.25) is 0 Å². The van der Waals surface area contributed by atoms with Gasteiger partial charge in [0.25, 0.3) is 0 Å². The number of rotatable bonds is 36. The van der Waals surface area contributed by atoms with Gasteiger partial charge in [0.1, 0.15) is 6.54 Å². The summed E-state index contributed by atoms with van der Waals surface area (Å²) in [5.74, 6) is 0. The summed E-state index contributed by atoms with van der Waals surface area (Å²) in [6.45, 7) is 8.14. The highest BCUT2D eigenvalue weighted by Gasteiger charge is 2.08. The van der Waals surface area contributed by atoms with E-state index in [0.29, 0.717) is 0 Å². The molecule has 0 atom stereocenters. The molecule has 1 aromatic rings. The van der Waals surface area contributed by atoms with Crippen molar-refractivity contribution in [2.75, 3.05) is 0 Å². The lowest BCUT2D eigenvalue weighted by Gasteiger charge is -2.07. The first-order chi connectivity index (χ1) is 22.3. The molecule has 0 aliphatic rings. The molecule has 264 valence electrons. The minimum atomic E-state index is 1.20. The first kappa shape index (κ1) is 42.2. The Labute approximate surface area is 285 Å². The van der Waals surface area contributed by atoms with Crippen molar-refractivity contribution >= 4 is 0 Å². The Kier molecular flexibility index (Phi) is 32.3. The molecule has 0 amide bonds. The summed E-state index contributed by atoms with van der Waals surface area (Å²) in [7, 11) is 0. The van der Waals surface area contributed by atoms with Crippen LogP contribution < -0.4 is 4.57 Å². The maximum absolute atomic E-state index is 2.56. The fraction of sp³-hybridized carbons (Fsp3) is 0.886. The van der Waals surface area contributed by atoms with E-state index in [1.54, 1.807) is 11.1 Å². The molecule has 45 heavy (non-hydrogen) atoms. The van der Waals surface area contributed by atoms with Crippen LogP contribution in [0.4, 0.5) is 0 Å². The fourth-order valence-corrected chi connectivity index (χ4v) is 7.12. The van der Waals surface area contributed by atoms with Gasteiger partial charge in [0, 0.05) is 17.5 Å². The molecule has 0 unspecified atom stereocenters. The number of unbranched alkanes of at least 4 members (excludes halogenated alkanes) is 30. The third-order valence-corrected chi connectivity index (χ3v) is 10.2. The van der Waals surface area contributed by atoms with Crippen LogP contribution in [0.2, 0.25) is 0 Å². The number of aromatic nitrogens is 1. The zero-order chi connectivity index (χ0) is 32.3. The molecule has 0 spiro atoms. The Hall–Kier alpha value is -0.850.